The number of hydrogen-bond donors (Lipinski definition) is 3. The molecule has 11 nitrogen and oxygen atoms in total. The second kappa shape index (κ2) is 7.52. The fourth-order valence-electron chi connectivity index (χ4n) is 4.32. The number of fused-ring (bicyclic) bond motifs is 2. The topological polar surface area (TPSA) is 151 Å². The molecule has 0 radical (unpaired) electrons. The van der Waals surface area contributed by atoms with Gasteiger partial charge in [0.1, 0.15) is 11.6 Å². The molecule has 3 N–H and O–H groups in total. The summed E-state index contributed by atoms with van der Waals surface area (Å²) in [5, 5.41) is 23.6. The largest absolute Gasteiger partial charge is 0.507 e. The smallest absolute Gasteiger partial charge is 0.332 e. The second-order valence-corrected chi connectivity index (χ2v) is 8.83. The van der Waals surface area contributed by atoms with Gasteiger partial charge in [0.15, 0.2) is 5.54 Å². The van der Waals surface area contributed by atoms with Crippen LogP contribution in [0.2, 0.25) is 0 Å². The van der Waals surface area contributed by atoms with E-state index in [1.165, 1.54) is 33.2 Å². The van der Waals surface area contributed by atoms with Crippen LogP contribution >= 0.6 is 15.9 Å². The lowest BCUT2D eigenvalue weighted by atomic mass is 9.82. The van der Waals surface area contributed by atoms with Crippen molar-refractivity contribution in [3.63, 3.8) is 0 Å². The number of Topliss-reactive ketones (excluding diaryl/α,β-unsaturated/α-hetero) is 1. The van der Waals surface area contributed by atoms with Crippen LogP contribution in [0.5, 0.6) is 0 Å². The van der Waals surface area contributed by atoms with E-state index in [0.717, 1.165) is 14.0 Å². The molecule has 2 aliphatic heterocycles. The van der Waals surface area contributed by atoms with Crippen LogP contribution in [0.3, 0.4) is 0 Å². The minimum Gasteiger partial charge on any atom is -0.507 e. The summed E-state index contributed by atoms with van der Waals surface area (Å²) in [6, 6.07) is 6.08. The molecule has 2 unspecified atom stereocenters. The Kier molecular flexibility index (Phi) is 5.17. The lowest BCUT2D eigenvalue weighted by Gasteiger charge is -2.33. The summed E-state index contributed by atoms with van der Waals surface area (Å²) in [5.74, 6) is -4.22. The van der Waals surface area contributed by atoms with Gasteiger partial charge in [-0.3, -0.25) is 28.3 Å². The van der Waals surface area contributed by atoms with Crippen LogP contribution < -0.4 is 16.6 Å². The number of amides is 2. The van der Waals surface area contributed by atoms with Gasteiger partial charge < -0.3 is 20.4 Å². The van der Waals surface area contributed by atoms with Crippen molar-refractivity contribution in [2.45, 2.75) is 18.6 Å². The minimum atomic E-state index is -2.38. The number of aliphatic hydroxyl groups is 2. The van der Waals surface area contributed by atoms with E-state index < -0.39 is 58.4 Å². The molecule has 1 aromatic carbocycles. The number of carbonyl (C=O) groups is 3. The number of ketones is 1. The van der Waals surface area contributed by atoms with Crippen molar-refractivity contribution >= 4 is 45.1 Å². The van der Waals surface area contributed by atoms with Crippen molar-refractivity contribution in [2.75, 3.05) is 11.9 Å². The average molecular weight is 519 g/mol. The van der Waals surface area contributed by atoms with Gasteiger partial charge in [-0.05, 0) is 19.1 Å². The number of hydrogen-bond acceptors (Lipinski definition) is 7. The first-order valence-corrected chi connectivity index (χ1v) is 10.6. The van der Waals surface area contributed by atoms with E-state index in [0.29, 0.717) is 4.47 Å². The zero-order valence-corrected chi connectivity index (χ0v) is 19.3. The first-order chi connectivity index (χ1) is 15.4. The highest BCUT2D eigenvalue weighted by atomic mass is 79.9. The zero-order chi connectivity index (χ0) is 24.4. The predicted octanol–water partition coefficient (Wildman–Crippen LogP) is -0.245. The van der Waals surface area contributed by atoms with Crippen molar-refractivity contribution in [1.82, 2.24) is 14.0 Å². The maximum absolute atomic E-state index is 13.5. The number of nitrogens with one attached hydrogen (secondary N) is 1. The second-order valence-electron chi connectivity index (χ2n) is 7.92. The third kappa shape index (κ3) is 2.94. The molecule has 0 saturated carbocycles. The lowest BCUT2D eigenvalue weighted by molar-refractivity contribution is -0.144. The number of β-amino-alcohol motifs (C(OH)–C–C–N with tert-alkyl or cyclic N) is 1. The molecule has 12 heteroatoms. The van der Waals surface area contributed by atoms with Gasteiger partial charge in [0, 0.05) is 30.7 Å². The lowest BCUT2D eigenvalue weighted by Crippen LogP contribution is -2.54. The SMILES string of the molecule is CC(O)CN1C(=O)C(=O)/C(=C(/O)c2ccc(Br)cc2)C12C(=O)Nc1c2c(=O)n(C)c(=O)n1C. The Morgan fingerprint density at radius 3 is 2.27 bits per heavy atom. The van der Waals surface area contributed by atoms with Crippen molar-refractivity contribution in [3.05, 3.63) is 66.3 Å². The molecule has 1 spiro atoms. The summed E-state index contributed by atoms with van der Waals surface area (Å²) in [5.41, 5.74) is -4.91. The van der Waals surface area contributed by atoms with Crippen LogP contribution in [0.15, 0.2) is 43.9 Å². The van der Waals surface area contributed by atoms with Crippen LogP contribution in [0.25, 0.3) is 5.76 Å². The van der Waals surface area contributed by atoms with Gasteiger partial charge in [-0.25, -0.2) is 4.79 Å². The highest BCUT2D eigenvalue weighted by Crippen LogP contribution is 2.49. The van der Waals surface area contributed by atoms with Gasteiger partial charge >= 0.3 is 5.69 Å². The standard InChI is InChI=1S/C21H19BrN4O7/c1-9(27)8-26-18(31)15(29)12(14(28)10-4-6-11(22)7-5-10)21(26)13-16(23-19(21)32)24(2)20(33)25(3)17(13)30/h4-7,9,27-28H,8H2,1-3H3,(H,23,32)/b14-12-. The first kappa shape index (κ1) is 22.7. The van der Waals surface area contributed by atoms with E-state index in [1.807, 2.05) is 0 Å². The van der Waals surface area contributed by atoms with Crippen molar-refractivity contribution < 1.29 is 24.6 Å². The Morgan fingerprint density at radius 1 is 1.09 bits per heavy atom. The number of aliphatic hydroxyl groups excluding tert-OH is 2. The van der Waals surface area contributed by atoms with Gasteiger partial charge in [0.05, 0.1) is 17.2 Å². The molecule has 33 heavy (non-hydrogen) atoms. The molecule has 2 aromatic rings. The van der Waals surface area contributed by atoms with Crippen molar-refractivity contribution in [3.8, 4) is 0 Å². The maximum atomic E-state index is 13.5. The predicted molar refractivity (Wildman–Crippen MR) is 119 cm³/mol. The van der Waals surface area contributed by atoms with E-state index in [2.05, 4.69) is 21.2 Å². The fourth-order valence-corrected chi connectivity index (χ4v) is 4.58. The number of anilines is 1. The first-order valence-electron chi connectivity index (χ1n) is 9.80. The number of halogens is 1. The molecule has 2 atom stereocenters. The highest BCUT2D eigenvalue weighted by Gasteiger charge is 2.67. The highest BCUT2D eigenvalue weighted by molar-refractivity contribution is 9.10. The fraction of sp³-hybridized carbons (Fsp3) is 0.286. The number of rotatable bonds is 3. The van der Waals surface area contributed by atoms with Crippen LogP contribution in [0, 0.1) is 0 Å². The van der Waals surface area contributed by atoms with Crippen LogP contribution in [-0.2, 0) is 34.0 Å². The molecule has 3 heterocycles. The summed E-state index contributed by atoms with van der Waals surface area (Å²) in [6.07, 6.45) is -1.18. The van der Waals surface area contributed by atoms with Crippen LogP contribution in [0.4, 0.5) is 5.82 Å². The quantitative estimate of drug-likeness (QED) is 0.288. The summed E-state index contributed by atoms with van der Waals surface area (Å²) in [7, 11) is 2.51. The Hall–Kier alpha value is -3.51. The summed E-state index contributed by atoms with van der Waals surface area (Å²) < 4.78 is 2.42. The minimum absolute atomic E-state index is 0.121. The van der Waals surface area contributed by atoms with E-state index >= 15 is 0 Å². The molecular weight excluding hydrogens is 500 g/mol. The summed E-state index contributed by atoms with van der Waals surface area (Å²) >= 11 is 3.26. The van der Waals surface area contributed by atoms with Gasteiger partial charge in [-0.2, -0.15) is 0 Å². The van der Waals surface area contributed by atoms with Gasteiger partial charge in [0.25, 0.3) is 23.2 Å². The third-order valence-electron chi connectivity index (χ3n) is 5.82. The van der Waals surface area contributed by atoms with Crippen LogP contribution in [0.1, 0.15) is 18.1 Å². The molecular formula is C21H19BrN4O7. The molecule has 1 aromatic heterocycles. The van der Waals surface area contributed by atoms with Gasteiger partial charge in [-0.15, -0.1) is 0 Å². The normalized spacial score (nSPS) is 22.1. The Bertz CT molecular complexity index is 1390. The zero-order valence-electron chi connectivity index (χ0n) is 17.7. The molecule has 1 fully saturated rings. The van der Waals surface area contributed by atoms with E-state index in [-0.39, 0.29) is 16.9 Å². The number of aromatic nitrogens is 2. The number of likely N-dealkylation sites (tertiary alicyclic amines) is 1. The molecule has 4 rings (SSSR count). The Balaban J connectivity index is 2.18. The molecule has 2 amide bonds. The number of carbonyl (C=O) groups excluding carboxylic acids is 3. The number of nitrogens with zero attached hydrogens (tertiary/aromatic N) is 3. The van der Waals surface area contributed by atoms with E-state index in [9.17, 15) is 34.2 Å². The summed E-state index contributed by atoms with van der Waals surface area (Å²) in [4.78, 5) is 66.2. The van der Waals surface area contributed by atoms with E-state index in [1.54, 1.807) is 12.1 Å². The monoisotopic (exact) mass is 518 g/mol. The Labute approximate surface area is 194 Å². The molecule has 0 aliphatic carbocycles. The molecule has 172 valence electrons. The number of benzene rings is 1. The molecule has 2 aliphatic rings. The van der Waals surface area contributed by atoms with Crippen molar-refractivity contribution in [2.24, 2.45) is 14.1 Å². The maximum Gasteiger partial charge on any atom is 0.332 e. The van der Waals surface area contributed by atoms with E-state index in [4.69, 9.17) is 0 Å². The summed E-state index contributed by atoms with van der Waals surface area (Å²) in [6.45, 7) is 0.856. The molecule has 1 saturated heterocycles. The van der Waals surface area contributed by atoms with Gasteiger partial charge in [0.2, 0.25) is 0 Å². The third-order valence-corrected chi connectivity index (χ3v) is 6.35. The average Bonchev–Trinajstić information content (AvgIpc) is 3.18. The van der Waals surface area contributed by atoms with Crippen molar-refractivity contribution in [1.29, 1.82) is 0 Å². The Morgan fingerprint density at radius 2 is 1.70 bits per heavy atom. The van der Waals surface area contributed by atoms with Gasteiger partial charge in [-0.1, -0.05) is 28.1 Å². The molecule has 0 bridgehead atoms. The van der Waals surface area contributed by atoms with Crippen LogP contribution in [-0.4, -0.2) is 54.5 Å².